The molecule has 0 spiro atoms. The van der Waals surface area contributed by atoms with Crippen LogP contribution in [0.15, 0.2) is 109 Å². The molecule has 0 bridgehead atoms. The SMILES string of the molecule is CC(CCC(=O)O)(c1ccc(Oc2ccc3cc(F)ccc3n2)cc1)c1ccc(Oc2ccc3cc(F)ccc3n2)cc1. The van der Waals surface area contributed by atoms with Gasteiger partial charge in [0.1, 0.15) is 23.1 Å². The first kappa shape index (κ1) is 27.8. The number of pyridine rings is 2. The molecule has 8 heteroatoms. The summed E-state index contributed by atoms with van der Waals surface area (Å²) in [4.78, 5) is 20.5. The molecule has 6 nitrogen and oxygen atoms in total. The number of halogens is 2. The van der Waals surface area contributed by atoms with E-state index in [1.54, 1.807) is 36.4 Å². The van der Waals surface area contributed by atoms with Crippen molar-refractivity contribution in [2.45, 2.75) is 25.2 Å². The standard InChI is InChI=1S/C35H26F2N2O4/c1-35(19-18-34(40)41,24-4-10-28(11-5-24)42-32-16-2-22-20-26(36)8-14-30(22)38-32)25-6-12-29(13-7-25)43-33-17-3-23-21-27(37)9-15-31(23)39-33/h2-17,20-21H,18-19H2,1H3,(H,40,41). The number of hydrogen-bond donors (Lipinski definition) is 1. The fraction of sp³-hybridized carbons (Fsp3) is 0.114. The molecule has 2 heterocycles. The summed E-state index contributed by atoms with van der Waals surface area (Å²) < 4.78 is 38.9. The fourth-order valence-corrected chi connectivity index (χ4v) is 5.10. The van der Waals surface area contributed by atoms with Gasteiger partial charge in [0.15, 0.2) is 0 Å². The predicted molar refractivity (Wildman–Crippen MR) is 160 cm³/mol. The first-order valence-corrected chi connectivity index (χ1v) is 13.7. The van der Waals surface area contributed by atoms with Crippen molar-refractivity contribution >= 4 is 27.8 Å². The molecule has 214 valence electrons. The molecule has 0 fully saturated rings. The van der Waals surface area contributed by atoms with Gasteiger partial charge in [-0.3, -0.25) is 4.79 Å². The Kier molecular flexibility index (Phi) is 7.42. The zero-order chi connectivity index (χ0) is 30.0. The van der Waals surface area contributed by atoms with Crippen LogP contribution in [0, 0.1) is 11.6 Å². The average molecular weight is 577 g/mol. The van der Waals surface area contributed by atoms with Crippen LogP contribution < -0.4 is 9.47 Å². The van der Waals surface area contributed by atoms with E-state index in [0.717, 1.165) is 11.1 Å². The molecule has 0 amide bonds. The molecule has 43 heavy (non-hydrogen) atoms. The van der Waals surface area contributed by atoms with E-state index in [2.05, 4.69) is 9.97 Å². The number of carboxylic acid groups (broad SMARTS) is 1. The number of ether oxygens (including phenoxy) is 2. The molecule has 4 aromatic carbocycles. The van der Waals surface area contributed by atoms with Crippen molar-refractivity contribution in [3.05, 3.63) is 132 Å². The van der Waals surface area contributed by atoms with Crippen LogP contribution >= 0.6 is 0 Å². The quantitative estimate of drug-likeness (QED) is 0.185. The van der Waals surface area contributed by atoms with Gasteiger partial charge < -0.3 is 14.6 Å². The third-order valence-electron chi connectivity index (χ3n) is 7.52. The minimum atomic E-state index is -0.879. The van der Waals surface area contributed by atoms with Crippen molar-refractivity contribution in [3.8, 4) is 23.3 Å². The molecule has 0 aliphatic carbocycles. The van der Waals surface area contributed by atoms with E-state index < -0.39 is 11.4 Å². The zero-order valence-corrected chi connectivity index (χ0v) is 23.1. The summed E-state index contributed by atoms with van der Waals surface area (Å²) in [5, 5.41) is 10.8. The van der Waals surface area contributed by atoms with Crippen molar-refractivity contribution in [2.24, 2.45) is 0 Å². The number of carbonyl (C=O) groups is 1. The minimum absolute atomic E-state index is 0.0176. The Morgan fingerprint density at radius 1 is 0.674 bits per heavy atom. The lowest BCUT2D eigenvalue weighted by atomic mass is 9.73. The van der Waals surface area contributed by atoms with Crippen LogP contribution in [-0.4, -0.2) is 21.0 Å². The summed E-state index contributed by atoms with van der Waals surface area (Å²) in [6, 6.07) is 30.6. The van der Waals surface area contributed by atoms with E-state index >= 15 is 0 Å². The third kappa shape index (κ3) is 6.13. The number of hydrogen-bond acceptors (Lipinski definition) is 5. The lowest BCUT2D eigenvalue weighted by Gasteiger charge is -2.31. The fourth-order valence-electron chi connectivity index (χ4n) is 5.10. The molecule has 0 saturated carbocycles. The molecule has 0 atom stereocenters. The van der Waals surface area contributed by atoms with E-state index in [1.165, 1.54) is 24.3 Å². The van der Waals surface area contributed by atoms with Gasteiger partial charge in [-0.25, -0.2) is 18.7 Å². The number of rotatable bonds is 9. The van der Waals surface area contributed by atoms with Gasteiger partial charge in [0.05, 0.1) is 11.0 Å². The molecule has 0 radical (unpaired) electrons. The van der Waals surface area contributed by atoms with E-state index in [9.17, 15) is 18.7 Å². The molecule has 6 rings (SSSR count). The number of aliphatic carboxylic acids is 1. The van der Waals surface area contributed by atoms with Gasteiger partial charge in [-0.15, -0.1) is 0 Å². The van der Waals surface area contributed by atoms with Gasteiger partial charge in [-0.2, -0.15) is 0 Å². The highest BCUT2D eigenvalue weighted by Crippen LogP contribution is 2.39. The first-order chi connectivity index (χ1) is 20.7. The maximum Gasteiger partial charge on any atom is 0.303 e. The maximum absolute atomic E-state index is 13.5. The van der Waals surface area contributed by atoms with Crippen LogP contribution in [0.3, 0.4) is 0 Å². The van der Waals surface area contributed by atoms with Gasteiger partial charge in [0.25, 0.3) is 0 Å². The van der Waals surface area contributed by atoms with Crippen LogP contribution in [-0.2, 0) is 10.2 Å². The molecule has 0 saturated heterocycles. The van der Waals surface area contributed by atoms with E-state index in [4.69, 9.17) is 9.47 Å². The Labute approximate surface area is 246 Å². The Morgan fingerprint density at radius 2 is 1.12 bits per heavy atom. The monoisotopic (exact) mass is 576 g/mol. The normalized spacial score (nSPS) is 11.5. The second kappa shape index (κ2) is 11.5. The van der Waals surface area contributed by atoms with Crippen LogP contribution in [0.1, 0.15) is 30.9 Å². The minimum Gasteiger partial charge on any atom is -0.481 e. The van der Waals surface area contributed by atoms with Crippen molar-refractivity contribution < 1.29 is 28.2 Å². The molecule has 0 aliphatic heterocycles. The summed E-state index contributed by atoms with van der Waals surface area (Å²) in [7, 11) is 0. The van der Waals surface area contributed by atoms with E-state index in [-0.39, 0.29) is 18.1 Å². The van der Waals surface area contributed by atoms with Gasteiger partial charge in [0.2, 0.25) is 11.8 Å². The summed E-state index contributed by atoms with van der Waals surface area (Å²) >= 11 is 0. The molecule has 2 aromatic heterocycles. The maximum atomic E-state index is 13.5. The number of benzene rings is 4. The van der Waals surface area contributed by atoms with Crippen LogP contribution in [0.5, 0.6) is 23.3 Å². The molecular formula is C35H26F2N2O4. The number of nitrogens with zero attached hydrogens (tertiary/aromatic N) is 2. The van der Waals surface area contributed by atoms with Crippen LogP contribution in [0.25, 0.3) is 21.8 Å². The molecule has 6 aromatic rings. The topological polar surface area (TPSA) is 81.5 Å². The largest absolute Gasteiger partial charge is 0.481 e. The highest BCUT2D eigenvalue weighted by Gasteiger charge is 2.30. The van der Waals surface area contributed by atoms with Crippen LogP contribution in [0.2, 0.25) is 0 Å². The molecule has 0 unspecified atom stereocenters. The van der Waals surface area contributed by atoms with Gasteiger partial charge in [-0.1, -0.05) is 31.2 Å². The lowest BCUT2D eigenvalue weighted by molar-refractivity contribution is -0.137. The number of fused-ring (bicyclic) bond motifs is 2. The Bertz CT molecular complexity index is 1810. The predicted octanol–water partition coefficient (Wildman–Crippen LogP) is 8.82. The first-order valence-electron chi connectivity index (χ1n) is 13.7. The highest BCUT2D eigenvalue weighted by molar-refractivity contribution is 5.79. The van der Waals surface area contributed by atoms with Crippen molar-refractivity contribution in [1.29, 1.82) is 0 Å². The van der Waals surface area contributed by atoms with Crippen LogP contribution in [0.4, 0.5) is 8.78 Å². The average Bonchev–Trinajstić information content (AvgIpc) is 3.01. The van der Waals surface area contributed by atoms with Gasteiger partial charge >= 0.3 is 5.97 Å². The molecule has 0 aliphatic rings. The number of aromatic nitrogens is 2. The zero-order valence-electron chi connectivity index (χ0n) is 23.1. The second-order valence-corrected chi connectivity index (χ2v) is 10.5. The van der Waals surface area contributed by atoms with Crippen molar-refractivity contribution in [3.63, 3.8) is 0 Å². The summed E-state index contributed by atoms with van der Waals surface area (Å²) in [5.41, 5.74) is 2.46. The van der Waals surface area contributed by atoms with Crippen molar-refractivity contribution in [1.82, 2.24) is 9.97 Å². The second-order valence-electron chi connectivity index (χ2n) is 10.5. The van der Waals surface area contributed by atoms with Gasteiger partial charge in [-0.05, 0) is 90.3 Å². The third-order valence-corrected chi connectivity index (χ3v) is 7.52. The number of carboxylic acids is 1. The summed E-state index contributed by atoms with van der Waals surface area (Å²) in [6.45, 7) is 2.01. The Morgan fingerprint density at radius 3 is 1.53 bits per heavy atom. The Hall–Kier alpha value is -5.37. The lowest BCUT2D eigenvalue weighted by Crippen LogP contribution is -2.24. The highest BCUT2D eigenvalue weighted by atomic mass is 19.1. The molecule has 1 N–H and O–H groups in total. The van der Waals surface area contributed by atoms with E-state index in [1.807, 2.05) is 55.5 Å². The molecular weight excluding hydrogens is 550 g/mol. The smallest absolute Gasteiger partial charge is 0.303 e. The summed E-state index contributed by atoms with van der Waals surface area (Å²) in [6.07, 6.45) is 0.352. The van der Waals surface area contributed by atoms with Gasteiger partial charge in [0, 0.05) is 34.7 Å². The summed E-state index contributed by atoms with van der Waals surface area (Å²) in [5.74, 6) is 0.351. The van der Waals surface area contributed by atoms with Crippen molar-refractivity contribution in [2.75, 3.05) is 0 Å². The van der Waals surface area contributed by atoms with E-state index in [0.29, 0.717) is 51.5 Å². The Balaban J connectivity index is 1.22.